The van der Waals surface area contributed by atoms with Crippen LogP contribution in [0.1, 0.15) is 40.0 Å². The molecule has 34 heavy (non-hydrogen) atoms. The number of nitrogens with two attached hydrogens (primary N) is 1. The highest BCUT2D eigenvalue weighted by Gasteiger charge is 2.07. The van der Waals surface area contributed by atoms with E-state index in [0.717, 1.165) is 22.8 Å². The molecule has 176 valence electrons. The average molecular weight is 456 g/mol. The van der Waals surface area contributed by atoms with Gasteiger partial charge in [0.2, 0.25) is 5.91 Å². The zero-order chi connectivity index (χ0) is 23.8. The van der Waals surface area contributed by atoms with Crippen LogP contribution in [0.2, 0.25) is 0 Å². The van der Waals surface area contributed by atoms with Gasteiger partial charge in [0, 0.05) is 5.56 Å². The molecule has 0 aliphatic rings. The van der Waals surface area contributed by atoms with E-state index in [0.29, 0.717) is 11.3 Å². The van der Waals surface area contributed by atoms with E-state index in [4.69, 9.17) is 15.2 Å². The lowest BCUT2D eigenvalue weighted by Gasteiger charge is -2.08. The second-order valence-corrected chi connectivity index (χ2v) is 7.98. The number of carbonyl (C=O) groups excluding carboxylic acids is 1. The quantitative estimate of drug-likeness (QED) is 0.332. The zero-order valence-electron chi connectivity index (χ0n) is 19.5. The molecule has 0 aliphatic carbocycles. The molecule has 4 nitrogen and oxygen atoms in total. The first-order chi connectivity index (χ1) is 15.8. The predicted octanol–water partition coefficient (Wildman–Crippen LogP) is 7.93. The van der Waals surface area contributed by atoms with Gasteiger partial charge in [-0.3, -0.25) is 4.79 Å². The van der Waals surface area contributed by atoms with Crippen molar-refractivity contribution in [3.63, 3.8) is 0 Å². The molecule has 4 rings (SSSR count). The highest BCUT2D eigenvalue weighted by atomic mass is 16.5. The molecule has 1 amide bonds. The number of amides is 1. The first-order valence-electron chi connectivity index (χ1n) is 10.8. The number of rotatable bonds is 5. The highest BCUT2D eigenvalue weighted by molar-refractivity contribution is 5.94. The fraction of sp³-hybridized carbons (Fsp3) is 0.167. The molecule has 4 heteroatoms. The first kappa shape index (κ1) is 26.2. The van der Waals surface area contributed by atoms with E-state index in [1.807, 2.05) is 98.8 Å². The zero-order valence-corrected chi connectivity index (χ0v) is 19.5. The number of aryl methyl sites for hydroxylation is 4. The van der Waals surface area contributed by atoms with Gasteiger partial charge in [-0.15, -0.1) is 0 Å². The summed E-state index contributed by atoms with van der Waals surface area (Å²) < 4.78 is 11.4. The van der Waals surface area contributed by atoms with Gasteiger partial charge in [0.1, 0.15) is 23.0 Å². The van der Waals surface area contributed by atoms with Gasteiger partial charge in [-0.1, -0.05) is 66.6 Å². The van der Waals surface area contributed by atoms with Crippen molar-refractivity contribution in [3.8, 4) is 23.0 Å². The summed E-state index contributed by atoms with van der Waals surface area (Å²) in [7, 11) is 0. The maximum atomic E-state index is 11.2. The number of hydrogen-bond donors (Lipinski definition) is 1. The lowest BCUT2D eigenvalue weighted by Crippen LogP contribution is -2.12. The van der Waals surface area contributed by atoms with E-state index in [2.05, 4.69) is 13.8 Å². The Morgan fingerprint density at radius 1 is 0.559 bits per heavy atom. The van der Waals surface area contributed by atoms with E-state index in [1.54, 1.807) is 6.07 Å². The van der Waals surface area contributed by atoms with Gasteiger partial charge < -0.3 is 15.2 Å². The molecular formula is C30H33NO3. The van der Waals surface area contributed by atoms with Crippen LogP contribution in [0, 0.1) is 27.7 Å². The highest BCUT2D eigenvalue weighted by Crippen LogP contribution is 2.24. The van der Waals surface area contributed by atoms with Crippen molar-refractivity contribution in [2.24, 2.45) is 5.73 Å². The number of primary amides is 1. The largest absolute Gasteiger partial charge is 0.457 e. The molecule has 4 aromatic rings. The van der Waals surface area contributed by atoms with Crippen LogP contribution < -0.4 is 15.2 Å². The minimum atomic E-state index is -0.443. The molecule has 0 fully saturated rings. The van der Waals surface area contributed by atoms with Gasteiger partial charge in [0.05, 0.1) is 0 Å². The fourth-order valence-electron chi connectivity index (χ4n) is 3.02. The molecule has 0 saturated carbocycles. The Bertz CT molecular complexity index is 1150. The minimum absolute atomic E-state index is 0. The van der Waals surface area contributed by atoms with E-state index in [-0.39, 0.29) is 7.43 Å². The van der Waals surface area contributed by atoms with E-state index in [9.17, 15) is 4.79 Å². The average Bonchev–Trinajstić information content (AvgIpc) is 2.80. The van der Waals surface area contributed by atoms with E-state index < -0.39 is 5.91 Å². The van der Waals surface area contributed by atoms with Gasteiger partial charge in [-0.2, -0.15) is 0 Å². The topological polar surface area (TPSA) is 61.5 Å². The summed E-state index contributed by atoms with van der Waals surface area (Å²) in [5, 5.41) is 0. The molecule has 0 saturated heterocycles. The first-order valence-corrected chi connectivity index (χ1v) is 10.8. The number of benzene rings is 4. The maximum absolute atomic E-state index is 11.2. The second-order valence-electron chi connectivity index (χ2n) is 7.98. The van der Waals surface area contributed by atoms with E-state index in [1.165, 1.54) is 16.7 Å². The molecule has 0 radical (unpaired) electrons. The van der Waals surface area contributed by atoms with Crippen molar-refractivity contribution in [3.05, 3.63) is 119 Å². The summed E-state index contributed by atoms with van der Waals surface area (Å²) in [6.07, 6.45) is 0. The lowest BCUT2D eigenvalue weighted by molar-refractivity contribution is 0.0999. The Kier molecular flexibility index (Phi) is 9.45. The van der Waals surface area contributed by atoms with Gasteiger partial charge in [0.15, 0.2) is 0 Å². The number of carbonyl (C=O) groups is 1. The summed E-state index contributed by atoms with van der Waals surface area (Å²) >= 11 is 0. The normalized spacial score (nSPS) is 9.76. The predicted molar refractivity (Wildman–Crippen MR) is 140 cm³/mol. The summed E-state index contributed by atoms with van der Waals surface area (Å²) in [6, 6.07) is 29.1. The Hall–Kier alpha value is -4.05. The molecule has 0 unspecified atom stereocenters. The third-order valence-electron chi connectivity index (χ3n) is 5.01. The standard InChI is InChI=1S/C15H15NO2.C14H14O.CH4/c1-10-3-6-12(7-4-10)18-13-8-5-11(2)14(9-13)15(16)17;1-11-3-7-13(8-4-11)15-14-9-5-12(2)6-10-14;/h3-9H,1-2H3,(H2,16,17);3-10H,1-2H3;1H4. The van der Waals surface area contributed by atoms with Crippen LogP contribution in [0.15, 0.2) is 91.0 Å². The van der Waals surface area contributed by atoms with Gasteiger partial charge >= 0.3 is 0 Å². The van der Waals surface area contributed by atoms with Crippen molar-refractivity contribution in [1.82, 2.24) is 0 Å². The van der Waals surface area contributed by atoms with Crippen LogP contribution in [-0.4, -0.2) is 5.91 Å². The Balaban J connectivity index is 0.000000237. The summed E-state index contributed by atoms with van der Waals surface area (Å²) in [5.74, 6) is 2.66. The van der Waals surface area contributed by atoms with Crippen molar-refractivity contribution < 1.29 is 14.3 Å². The molecule has 0 aliphatic heterocycles. The van der Waals surface area contributed by atoms with Crippen molar-refractivity contribution in [2.75, 3.05) is 0 Å². The summed E-state index contributed by atoms with van der Waals surface area (Å²) in [6.45, 7) is 7.99. The van der Waals surface area contributed by atoms with Crippen LogP contribution in [0.3, 0.4) is 0 Å². The van der Waals surface area contributed by atoms with Gasteiger partial charge in [0.25, 0.3) is 0 Å². The van der Waals surface area contributed by atoms with Crippen LogP contribution in [0.5, 0.6) is 23.0 Å². The van der Waals surface area contributed by atoms with Crippen molar-refractivity contribution in [1.29, 1.82) is 0 Å². The summed E-state index contributed by atoms with van der Waals surface area (Å²) in [4.78, 5) is 11.2. The van der Waals surface area contributed by atoms with Crippen LogP contribution in [0.4, 0.5) is 0 Å². The van der Waals surface area contributed by atoms with Crippen LogP contribution in [-0.2, 0) is 0 Å². The van der Waals surface area contributed by atoms with Crippen molar-refractivity contribution in [2.45, 2.75) is 35.1 Å². The molecule has 0 spiro atoms. The molecule has 0 heterocycles. The molecule has 0 atom stereocenters. The number of ether oxygens (including phenoxy) is 2. The Morgan fingerprint density at radius 2 is 0.882 bits per heavy atom. The number of hydrogen-bond acceptors (Lipinski definition) is 3. The van der Waals surface area contributed by atoms with Crippen LogP contribution in [0.25, 0.3) is 0 Å². The molecule has 0 bridgehead atoms. The van der Waals surface area contributed by atoms with Crippen molar-refractivity contribution >= 4 is 5.91 Å². The van der Waals surface area contributed by atoms with Gasteiger partial charge in [-0.25, -0.2) is 0 Å². The monoisotopic (exact) mass is 455 g/mol. The SMILES string of the molecule is C.Cc1ccc(Oc2ccc(C)c(C(N)=O)c2)cc1.Cc1ccc(Oc2ccc(C)cc2)cc1. The second kappa shape index (κ2) is 12.3. The third-order valence-corrected chi connectivity index (χ3v) is 5.01. The molecule has 2 N–H and O–H groups in total. The van der Waals surface area contributed by atoms with Gasteiger partial charge in [-0.05, 0) is 81.8 Å². The third kappa shape index (κ3) is 7.82. The Morgan fingerprint density at radius 3 is 1.24 bits per heavy atom. The minimum Gasteiger partial charge on any atom is -0.457 e. The van der Waals surface area contributed by atoms with Crippen LogP contribution >= 0.6 is 0 Å². The smallest absolute Gasteiger partial charge is 0.249 e. The fourth-order valence-corrected chi connectivity index (χ4v) is 3.02. The maximum Gasteiger partial charge on any atom is 0.249 e. The van der Waals surface area contributed by atoms with E-state index >= 15 is 0 Å². The molecule has 4 aromatic carbocycles. The summed E-state index contributed by atoms with van der Waals surface area (Å²) in [5.41, 5.74) is 10.3. The molecular weight excluding hydrogens is 422 g/mol. The lowest BCUT2D eigenvalue weighted by atomic mass is 10.1. The molecule has 0 aromatic heterocycles. The Labute approximate surface area is 203 Å².